The zero-order valence-electron chi connectivity index (χ0n) is 4.97. The molecule has 0 aliphatic heterocycles. The Hall–Kier alpha value is -0.450. The summed E-state index contributed by atoms with van der Waals surface area (Å²) in [6, 6.07) is 0. The van der Waals surface area contributed by atoms with Crippen molar-refractivity contribution in [1.82, 2.24) is 9.97 Å². The summed E-state index contributed by atoms with van der Waals surface area (Å²) in [5.74, 6) is 0. The summed E-state index contributed by atoms with van der Waals surface area (Å²) in [4.78, 5) is 6.42. The van der Waals surface area contributed by atoms with E-state index in [2.05, 4.69) is 9.97 Å². The van der Waals surface area contributed by atoms with E-state index in [0.29, 0.717) is 10.3 Å². The molecule has 1 rings (SSSR count). The first-order chi connectivity index (χ1) is 4.74. The molecule has 0 spiro atoms. The molecule has 0 atom stereocenters. The van der Waals surface area contributed by atoms with E-state index >= 15 is 0 Å². The van der Waals surface area contributed by atoms with E-state index in [9.17, 15) is 0 Å². The van der Waals surface area contributed by atoms with Crippen LogP contribution in [0.1, 0.15) is 5.69 Å². The zero-order chi connectivity index (χ0) is 7.56. The van der Waals surface area contributed by atoms with E-state index < -0.39 is 0 Å². The van der Waals surface area contributed by atoms with Crippen LogP contribution >= 0.6 is 23.8 Å². The topological polar surface area (TPSA) is 48.9 Å². The van der Waals surface area contributed by atoms with Crippen LogP contribution in [0.4, 0.5) is 0 Å². The lowest BCUT2D eigenvalue weighted by atomic mass is 10.5. The van der Waals surface area contributed by atoms with Gasteiger partial charge in [0.25, 0.3) is 0 Å². The summed E-state index contributed by atoms with van der Waals surface area (Å²) in [6.07, 6.45) is 1.43. The molecule has 3 nitrogen and oxygen atoms in total. The van der Waals surface area contributed by atoms with Gasteiger partial charge < -0.3 is 10.1 Å². The fourth-order valence-electron chi connectivity index (χ4n) is 0.531. The van der Waals surface area contributed by atoms with Gasteiger partial charge in [0.2, 0.25) is 0 Å². The predicted molar refractivity (Wildman–Crippen MR) is 40.4 cm³/mol. The fraction of sp³-hybridized carbons (Fsp3) is 0.200. The maximum atomic E-state index is 8.64. The van der Waals surface area contributed by atoms with Crippen LogP contribution in [0.25, 0.3) is 0 Å². The first-order valence-electron chi connectivity index (χ1n) is 2.58. The Morgan fingerprint density at radius 3 is 3.00 bits per heavy atom. The second-order valence-electron chi connectivity index (χ2n) is 1.67. The molecule has 0 aromatic carbocycles. The SMILES string of the molecule is OCc1[nH]c(=S)cnc1Cl. The van der Waals surface area contributed by atoms with Crippen LogP contribution in [-0.4, -0.2) is 15.1 Å². The van der Waals surface area contributed by atoms with Gasteiger partial charge in [0.05, 0.1) is 18.5 Å². The van der Waals surface area contributed by atoms with Crippen molar-refractivity contribution in [3.05, 3.63) is 21.7 Å². The van der Waals surface area contributed by atoms with Gasteiger partial charge in [-0.2, -0.15) is 0 Å². The van der Waals surface area contributed by atoms with Crippen LogP contribution in [0.3, 0.4) is 0 Å². The summed E-state index contributed by atoms with van der Waals surface area (Å²) >= 11 is 10.3. The van der Waals surface area contributed by atoms with Crippen molar-refractivity contribution in [2.75, 3.05) is 0 Å². The van der Waals surface area contributed by atoms with E-state index in [1.807, 2.05) is 0 Å². The Morgan fingerprint density at radius 2 is 2.50 bits per heavy atom. The van der Waals surface area contributed by atoms with Crippen LogP contribution in [0.2, 0.25) is 5.15 Å². The van der Waals surface area contributed by atoms with Gasteiger partial charge in [0.1, 0.15) is 4.64 Å². The summed E-state index contributed by atoms with van der Waals surface area (Å²) in [5, 5.41) is 8.90. The Kier molecular flexibility index (Phi) is 2.37. The lowest BCUT2D eigenvalue weighted by Gasteiger charge is -1.96. The number of aliphatic hydroxyl groups excluding tert-OH is 1. The van der Waals surface area contributed by atoms with Crippen molar-refractivity contribution in [2.45, 2.75) is 6.61 Å². The molecule has 0 unspecified atom stereocenters. The largest absolute Gasteiger partial charge is 0.390 e. The Morgan fingerprint density at radius 1 is 1.80 bits per heavy atom. The summed E-state index contributed by atoms with van der Waals surface area (Å²) in [6.45, 7) is -0.170. The third-order valence-corrected chi connectivity index (χ3v) is 1.51. The molecule has 54 valence electrons. The number of aromatic nitrogens is 2. The molecule has 0 amide bonds. The van der Waals surface area contributed by atoms with Crippen molar-refractivity contribution < 1.29 is 5.11 Å². The maximum Gasteiger partial charge on any atom is 0.150 e. The van der Waals surface area contributed by atoms with Gasteiger partial charge in [-0.05, 0) is 0 Å². The average molecular weight is 177 g/mol. The second kappa shape index (κ2) is 3.09. The third kappa shape index (κ3) is 1.53. The van der Waals surface area contributed by atoms with Crippen LogP contribution in [0.5, 0.6) is 0 Å². The Labute approximate surface area is 67.7 Å². The molecule has 2 N–H and O–H groups in total. The van der Waals surface area contributed by atoms with Crippen LogP contribution in [0, 0.1) is 4.64 Å². The fourth-order valence-corrected chi connectivity index (χ4v) is 0.862. The van der Waals surface area contributed by atoms with Crippen molar-refractivity contribution in [1.29, 1.82) is 0 Å². The molecular weight excluding hydrogens is 172 g/mol. The summed E-state index contributed by atoms with van der Waals surface area (Å²) in [5.41, 5.74) is 0.453. The van der Waals surface area contributed by atoms with Gasteiger partial charge in [-0.25, -0.2) is 4.98 Å². The molecule has 0 saturated heterocycles. The number of nitrogens with zero attached hydrogens (tertiary/aromatic N) is 1. The zero-order valence-corrected chi connectivity index (χ0v) is 6.54. The van der Waals surface area contributed by atoms with Gasteiger partial charge in [-0.3, -0.25) is 0 Å². The minimum atomic E-state index is -0.170. The number of hydrogen-bond donors (Lipinski definition) is 2. The number of halogens is 1. The van der Waals surface area contributed by atoms with Crippen molar-refractivity contribution in [3.8, 4) is 0 Å². The maximum absolute atomic E-state index is 8.64. The van der Waals surface area contributed by atoms with Crippen LogP contribution < -0.4 is 0 Å². The monoisotopic (exact) mass is 176 g/mol. The number of nitrogens with one attached hydrogen (secondary N) is 1. The molecule has 5 heteroatoms. The highest BCUT2D eigenvalue weighted by molar-refractivity contribution is 7.71. The van der Waals surface area contributed by atoms with Crippen LogP contribution in [0.15, 0.2) is 6.20 Å². The molecular formula is C5H5ClN2OS. The predicted octanol–water partition coefficient (Wildman–Crippen LogP) is 1.28. The van der Waals surface area contributed by atoms with Crippen LogP contribution in [-0.2, 0) is 6.61 Å². The number of hydrogen-bond acceptors (Lipinski definition) is 3. The molecule has 0 radical (unpaired) electrons. The lowest BCUT2D eigenvalue weighted by molar-refractivity contribution is 0.276. The summed E-state index contributed by atoms with van der Waals surface area (Å²) in [7, 11) is 0. The number of rotatable bonds is 1. The van der Waals surface area contributed by atoms with Crippen molar-refractivity contribution in [3.63, 3.8) is 0 Å². The number of aromatic amines is 1. The Bertz CT molecular complexity index is 285. The molecule has 0 fully saturated rings. The third-order valence-electron chi connectivity index (χ3n) is 0.976. The van der Waals surface area contributed by atoms with E-state index in [-0.39, 0.29) is 11.8 Å². The van der Waals surface area contributed by atoms with Gasteiger partial charge >= 0.3 is 0 Å². The second-order valence-corrected chi connectivity index (χ2v) is 2.47. The highest BCUT2D eigenvalue weighted by atomic mass is 35.5. The number of H-pyrrole nitrogens is 1. The standard InChI is InChI=1S/C5H5ClN2OS/c6-5-3(2-9)8-4(10)1-7-5/h1,9H,2H2,(H,8,10). The van der Waals surface area contributed by atoms with Crippen molar-refractivity contribution >= 4 is 23.8 Å². The normalized spacial score (nSPS) is 9.80. The van der Waals surface area contributed by atoms with Gasteiger partial charge in [-0.15, -0.1) is 0 Å². The Balaban J connectivity index is 3.22. The first kappa shape index (κ1) is 7.65. The van der Waals surface area contributed by atoms with Crippen molar-refractivity contribution in [2.24, 2.45) is 0 Å². The molecule has 0 bridgehead atoms. The van der Waals surface area contributed by atoms with Gasteiger partial charge in [0.15, 0.2) is 5.15 Å². The molecule has 1 aromatic rings. The molecule has 0 aliphatic rings. The van der Waals surface area contributed by atoms with E-state index in [0.717, 1.165) is 0 Å². The minimum Gasteiger partial charge on any atom is -0.390 e. The highest BCUT2D eigenvalue weighted by Gasteiger charge is 1.97. The molecule has 0 saturated carbocycles. The number of aliphatic hydroxyl groups is 1. The van der Waals surface area contributed by atoms with E-state index in [1.54, 1.807) is 0 Å². The highest BCUT2D eigenvalue weighted by Crippen LogP contribution is 2.07. The van der Waals surface area contributed by atoms with E-state index in [4.69, 9.17) is 28.9 Å². The van der Waals surface area contributed by atoms with Gasteiger partial charge in [-0.1, -0.05) is 23.8 Å². The first-order valence-corrected chi connectivity index (χ1v) is 3.37. The van der Waals surface area contributed by atoms with Gasteiger partial charge in [0, 0.05) is 0 Å². The minimum absolute atomic E-state index is 0.170. The molecule has 1 aromatic heterocycles. The summed E-state index contributed by atoms with van der Waals surface area (Å²) < 4.78 is 0.466. The molecule has 0 aliphatic carbocycles. The van der Waals surface area contributed by atoms with E-state index in [1.165, 1.54) is 6.20 Å². The lowest BCUT2D eigenvalue weighted by Crippen LogP contribution is -1.92. The molecule has 10 heavy (non-hydrogen) atoms. The molecule has 1 heterocycles. The quantitative estimate of drug-likeness (QED) is 0.634. The smallest absolute Gasteiger partial charge is 0.150 e. The average Bonchev–Trinajstić information content (AvgIpc) is 1.94.